The van der Waals surface area contributed by atoms with Crippen LogP contribution in [0.15, 0.2) is 30.5 Å². The molecule has 0 fully saturated rings. The van der Waals surface area contributed by atoms with E-state index in [1.165, 1.54) is 11.3 Å². The Labute approximate surface area is 149 Å². The first kappa shape index (κ1) is 15.9. The van der Waals surface area contributed by atoms with Crippen molar-refractivity contribution in [3.8, 4) is 0 Å². The van der Waals surface area contributed by atoms with Gasteiger partial charge in [-0.15, -0.1) is 35.0 Å². The van der Waals surface area contributed by atoms with Gasteiger partial charge in [-0.05, 0) is 16.5 Å². The SMILES string of the molecule is [C-]#[N+]c1cc2c3c(cnc2c2[c-]cccc12)N(C)CC3(C)C.[Ir]. The van der Waals surface area contributed by atoms with Crippen molar-refractivity contribution in [2.24, 2.45) is 0 Å². The summed E-state index contributed by atoms with van der Waals surface area (Å²) >= 11 is 0. The number of rotatable bonds is 0. The fourth-order valence-electron chi connectivity index (χ4n) is 3.77. The van der Waals surface area contributed by atoms with Crippen molar-refractivity contribution in [1.82, 2.24) is 4.98 Å². The second kappa shape index (κ2) is 5.30. The molecule has 0 atom stereocenters. The van der Waals surface area contributed by atoms with Crippen LogP contribution in [-0.4, -0.2) is 18.6 Å². The van der Waals surface area contributed by atoms with Crippen LogP contribution >= 0.6 is 0 Å². The Hall–Kier alpha value is -1.95. The number of aromatic nitrogens is 1. The molecule has 4 rings (SSSR count). The summed E-state index contributed by atoms with van der Waals surface area (Å²) in [7, 11) is 2.10. The Morgan fingerprint density at radius 1 is 1.35 bits per heavy atom. The maximum atomic E-state index is 7.52. The molecule has 2 heterocycles. The van der Waals surface area contributed by atoms with Gasteiger partial charge in [0, 0.05) is 45.3 Å². The number of hydrogen-bond acceptors (Lipinski definition) is 2. The van der Waals surface area contributed by atoms with E-state index in [0.29, 0.717) is 5.69 Å². The average molecular weight is 479 g/mol. The molecule has 0 aliphatic carbocycles. The standard InChI is InChI=1S/C19H16N3.Ir/c1-19(2)11-22(4)16-10-21-18-13-8-6-5-7-12(13)15(20-3)9-14(18)17(16)19;/h5-7,9-10H,11H2,1-2,4H3;/q-1;. The monoisotopic (exact) mass is 479 g/mol. The van der Waals surface area contributed by atoms with E-state index in [4.69, 9.17) is 11.6 Å². The quantitative estimate of drug-likeness (QED) is 0.351. The number of fused-ring (bicyclic) bond motifs is 5. The fourth-order valence-corrected chi connectivity index (χ4v) is 3.77. The van der Waals surface area contributed by atoms with Crippen LogP contribution in [0.4, 0.5) is 11.4 Å². The van der Waals surface area contributed by atoms with Crippen molar-refractivity contribution in [3.63, 3.8) is 0 Å². The second-order valence-electron chi connectivity index (χ2n) is 6.62. The molecule has 23 heavy (non-hydrogen) atoms. The van der Waals surface area contributed by atoms with Gasteiger partial charge >= 0.3 is 0 Å². The molecular weight excluding hydrogens is 462 g/mol. The fraction of sp³-hybridized carbons (Fsp3) is 0.263. The Morgan fingerprint density at radius 3 is 2.87 bits per heavy atom. The molecule has 1 aliphatic heterocycles. The van der Waals surface area contributed by atoms with E-state index in [9.17, 15) is 0 Å². The first-order valence-electron chi connectivity index (χ1n) is 7.38. The van der Waals surface area contributed by atoms with Crippen molar-refractivity contribution < 1.29 is 20.1 Å². The number of benzene rings is 2. The third-order valence-corrected chi connectivity index (χ3v) is 4.59. The van der Waals surface area contributed by atoms with E-state index < -0.39 is 0 Å². The van der Waals surface area contributed by atoms with E-state index in [-0.39, 0.29) is 25.5 Å². The minimum atomic E-state index is 0. The molecule has 1 aromatic heterocycles. The smallest absolute Gasteiger partial charge is 0.154 e. The molecule has 0 saturated carbocycles. The van der Waals surface area contributed by atoms with Gasteiger partial charge in [-0.2, -0.15) is 0 Å². The van der Waals surface area contributed by atoms with Gasteiger partial charge in [-0.1, -0.05) is 19.9 Å². The molecule has 0 bridgehead atoms. The van der Waals surface area contributed by atoms with E-state index >= 15 is 0 Å². The molecule has 1 radical (unpaired) electrons. The Bertz CT molecular complexity index is 970. The van der Waals surface area contributed by atoms with Gasteiger partial charge in [-0.25, -0.2) is 4.85 Å². The van der Waals surface area contributed by atoms with E-state index in [0.717, 1.165) is 28.2 Å². The zero-order valence-corrected chi connectivity index (χ0v) is 15.7. The minimum absolute atomic E-state index is 0. The van der Waals surface area contributed by atoms with Gasteiger partial charge in [0.15, 0.2) is 5.69 Å². The van der Waals surface area contributed by atoms with Crippen molar-refractivity contribution in [3.05, 3.63) is 53.5 Å². The van der Waals surface area contributed by atoms with Gasteiger partial charge in [0.2, 0.25) is 0 Å². The molecule has 0 N–H and O–H groups in total. The molecule has 2 aromatic carbocycles. The van der Waals surface area contributed by atoms with Gasteiger partial charge in [0.05, 0.1) is 12.3 Å². The molecule has 0 unspecified atom stereocenters. The third kappa shape index (κ3) is 2.16. The maximum absolute atomic E-state index is 7.52. The zero-order valence-electron chi connectivity index (χ0n) is 13.3. The van der Waals surface area contributed by atoms with Gasteiger partial charge in [0.1, 0.15) is 0 Å². The first-order valence-corrected chi connectivity index (χ1v) is 7.38. The predicted octanol–water partition coefficient (Wildman–Crippen LogP) is 4.46. The van der Waals surface area contributed by atoms with Crippen molar-refractivity contribution in [2.75, 3.05) is 18.5 Å². The number of hydrogen-bond donors (Lipinski definition) is 0. The summed E-state index contributed by atoms with van der Waals surface area (Å²) < 4.78 is 0. The number of pyridine rings is 1. The molecule has 3 nitrogen and oxygen atoms in total. The van der Waals surface area contributed by atoms with Crippen LogP contribution < -0.4 is 4.90 Å². The number of likely N-dealkylation sites (N-methyl/N-ethyl adjacent to an activating group) is 1. The summed E-state index contributed by atoms with van der Waals surface area (Å²) in [6.07, 6.45) is 1.96. The third-order valence-electron chi connectivity index (χ3n) is 4.59. The van der Waals surface area contributed by atoms with Crippen molar-refractivity contribution >= 4 is 33.1 Å². The number of nitrogens with zero attached hydrogens (tertiary/aromatic N) is 3. The summed E-state index contributed by atoms with van der Waals surface area (Å²) in [5, 5.41) is 2.97. The summed E-state index contributed by atoms with van der Waals surface area (Å²) in [6.45, 7) is 13.0. The summed E-state index contributed by atoms with van der Waals surface area (Å²) in [6, 6.07) is 11.1. The van der Waals surface area contributed by atoms with E-state index in [1.54, 1.807) is 0 Å². The van der Waals surface area contributed by atoms with Crippen LogP contribution in [-0.2, 0) is 25.5 Å². The Morgan fingerprint density at radius 2 is 2.13 bits per heavy atom. The second-order valence-corrected chi connectivity index (χ2v) is 6.62. The first-order chi connectivity index (χ1) is 10.5. The molecule has 0 amide bonds. The largest absolute Gasteiger partial charge is 0.372 e. The van der Waals surface area contributed by atoms with Crippen LogP contribution in [0.2, 0.25) is 0 Å². The molecule has 117 valence electrons. The molecule has 3 aromatic rings. The van der Waals surface area contributed by atoms with Crippen LogP contribution in [0.3, 0.4) is 0 Å². The Balaban J connectivity index is 0.00000156. The van der Waals surface area contributed by atoms with Crippen LogP contribution in [0.1, 0.15) is 19.4 Å². The minimum Gasteiger partial charge on any atom is -0.372 e. The van der Waals surface area contributed by atoms with Gasteiger partial charge in [-0.3, -0.25) is 0 Å². The molecule has 0 saturated heterocycles. The van der Waals surface area contributed by atoms with E-state index in [2.05, 4.69) is 36.7 Å². The van der Waals surface area contributed by atoms with Gasteiger partial charge in [0.25, 0.3) is 0 Å². The molecular formula is C19H16IrN3-. The summed E-state index contributed by atoms with van der Waals surface area (Å²) in [4.78, 5) is 10.7. The average Bonchev–Trinajstić information content (AvgIpc) is 2.75. The summed E-state index contributed by atoms with van der Waals surface area (Å²) in [5.41, 5.74) is 4.14. The van der Waals surface area contributed by atoms with Gasteiger partial charge < -0.3 is 9.88 Å². The maximum Gasteiger partial charge on any atom is 0.154 e. The Kier molecular flexibility index (Phi) is 3.67. The van der Waals surface area contributed by atoms with Crippen molar-refractivity contribution in [2.45, 2.75) is 19.3 Å². The molecule has 0 spiro atoms. The summed E-state index contributed by atoms with van der Waals surface area (Å²) in [5.74, 6) is 0. The zero-order chi connectivity index (χ0) is 15.5. The number of anilines is 1. The molecule has 1 aliphatic rings. The molecule has 4 heteroatoms. The normalized spacial score (nSPS) is 15.3. The topological polar surface area (TPSA) is 20.5 Å². The van der Waals surface area contributed by atoms with Crippen LogP contribution in [0.25, 0.3) is 26.5 Å². The predicted molar refractivity (Wildman–Crippen MR) is 90.6 cm³/mol. The van der Waals surface area contributed by atoms with E-state index in [1.807, 2.05) is 30.5 Å². The van der Waals surface area contributed by atoms with Crippen LogP contribution in [0, 0.1) is 12.6 Å². The van der Waals surface area contributed by atoms with Crippen molar-refractivity contribution in [1.29, 1.82) is 0 Å². The van der Waals surface area contributed by atoms with Crippen LogP contribution in [0.5, 0.6) is 0 Å².